The Labute approximate surface area is 189 Å². The van der Waals surface area contributed by atoms with E-state index < -0.39 is 0 Å². The Bertz CT molecular complexity index is 1100. The van der Waals surface area contributed by atoms with E-state index in [1.165, 1.54) is 18.7 Å². The van der Waals surface area contributed by atoms with Crippen LogP contribution in [0.3, 0.4) is 0 Å². The first-order valence-corrected chi connectivity index (χ1v) is 11.2. The van der Waals surface area contributed by atoms with Crippen molar-refractivity contribution < 1.29 is 14.3 Å². The predicted molar refractivity (Wildman–Crippen MR) is 120 cm³/mol. The maximum Gasteiger partial charge on any atom is 0.221 e. The van der Waals surface area contributed by atoms with E-state index in [1.807, 2.05) is 18.2 Å². The number of benzene rings is 2. The van der Waals surface area contributed by atoms with Crippen molar-refractivity contribution in [3.8, 4) is 5.75 Å². The normalized spacial score (nSPS) is 13.1. The van der Waals surface area contributed by atoms with E-state index in [4.69, 9.17) is 16.3 Å². The molecule has 0 spiro atoms. The lowest BCUT2D eigenvalue weighted by Crippen LogP contribution is -2.09. The fourth-order valence-electron chi connectivity index (χ4n) is 3.06. The van der Waals surface area contributed by atoms with Crippen LogP contribution in [-0.2, 0) is 11.4 Å². The molecule has 0 bridgehead atoms. The quantitative estimate of drug-likeness (QED) is 0.368. The molecule has 0 radical (unpaired) electrons. The number of thioether (sulfide) groups is 1. The Morgan fingerprint density at radius 1 is 1.16 bits per heavy atom. The number of amides is 1. The van der Waals surface area contributed by atoms with Crippen LogP contribution < -0.4 is 10.1 Å². The van der Waals surface area contributed by atoms with E-state index in [9.17, 15) is 9.59 Å². The number of carbonyl (C=O) groups excluding carboxylic acids is 2. The Morgan fingerprint density at radius 2 is 1.90 bits per heavy atom. The number of hydrogen-bond donors (Lipinski definition) is 1. The second-order valence-corrected chi connectivity index (χ2v) is 8.54. The van der Waals surface area contributed by atoms with Gasteiger partial charge >= 0.3 is 0 Å². The first kappa shape index (κ1) is 21.4. The molecule has 1 heterocycles. The lowest BCUT2D eigenvalue weighted by Gasteiger charge is -2.10. The number of nitrogens with zero attached hydrogens (tertiary/aromatic N) is 3. The molecule has 1 amide bonds. The number of hydrogen-bond acceptors (Lipinski definition) is 6. The largest absolute Gasteiger partial charge is 0.484 e. The SMILES string of the molecule is CC(=O)Nc1ccc(C(=O)CSc2nnc(COc3ccccc3Cl)n2C2CC2)cc1. The highest BCUT2D eigenvalue weighted by Crippen LogP contribution is 2.39. The van der Waals surface area contributed by atoms with Crippen molar-refractivity contribution in [2.24, 2.45) is 0 Å². The molecule has 0 aliphatic heterocycles. The maximum absolute atomic E-state index is 12.6. The van der Waals surface area contributed by atoms with Crippen LogP contribution in [0.4, 0.5) is 5.69 Å². The second kappa shape index (κ2) is 9.53. The van der Waals surface area contributed by atoms with Gasteiger partial charge in [0.05, 0.1) is 10.8 Å². The number of nitrogens with one attached hydrogen (secondary N) is 1. The fraction of sp³-hybridized carbons (Fsp3) is 0.273. The molecule has 31 heavy (non-hydrogen) atoms. The van der Waals surface area contributed by atoms with Crippen LogP contribution in [0.5, 0.6) is 5.75 Å². The molecule has 1 fully saturated rings. The van der Waals surface area contributed by atoms with E-state index in [0.29, 0.717) is 33.2 Å². The number of ether oxygens (including phenoxy) is 1. The number of rotatable bonds is 9. The summed E-state index contributed by atoms with van der Waals surface area (Å²) >= 11 is 7.52. The minimum Gasteiger partial charge on any atom is -0.484 e. The van der Waals surface area contributed by atoms with E-state index in [1.54, 1.807) is 30.3 Å². The van der Waals surface area contributed by atoms with Gasteiger partial charge in [0, 0.05) is 24.2 Å². The van der Waals surface area contributed by atoms with Crippen molar-refractivity contribution in [1.29, 1.82) is 0 Å². The summed E-state index contributed by atoms with van der Waals surface area (Å²) in [6.45, 7) is 1.70. The van der Waals surface area contributed by atoms with Crippen LogP contribution in [0.1, 0.15) is 42.0 Å². The summed E-state index contributed by atoms with van der Waals surface area (Å²) in [5.74, 6) is 1.40. The number of aromatic nitrogens is 3. The topological polar surface area (TPSA) is 86.1 Å². The van der Waals surface area contributed by atoms with Gasteiger partial charge in [-0.1, -0.05) is 35.5 Å². The molecular weight excluding hydrogens is 436 g/mol. The van der Waals surface area contributed by atoms with Gasteiger partial charge in [0.15, 0.2) is 16.8 Å². The number of halogens is 1. The molecule has 160 valence electrons. The average Bonchev–Trinajstić information content (AvgIpc) is 3.51. The van der Waals surface area contributed by atoms with Gasteiger partial charge < -0.3 is 10.1 Å². The smallest absolute Gasteiger partial charge is 0.221 e. The number of ketones is 1. The van der Waals surface area contributed by atoms with Crippen molar-refractivity contribution in [2.45, 2.75) is 37.6 Å². The van der Waals surface area contributed by atoms with Crippen LogP contribution >= 0.6 is 23.4 Å². The minimum absolute atomic E-state index is 0.0152. The summed E-state index contributed by atoms with van der Waals surface area (Å²) in [6.07, 6.45) is 2.12. The van der Waals surface area contributed by atoms with Gasteiger partial charge in [-0.2, -0.15) is 0 Å². The monoisotopic (exact) mass is 456 g/mol. The first-order chi connectivity index (χ1) is 15.0. The molecule has 0 unspecified atom stereocenters. The molecule has 1 aliphatic rings. The van der Waals surface area contributed by atoms with Gasteiger partial charge in [0.1, 0.15) is 12.4 Å². The molecule has 4 rings (SSSR count). The van der Waals surface area contributed by atoms with Crippen LogP contribution in [0.25, 0.3) is 0 Å². The van der Waals surface area contributed by atoms with Crippen molar-refractivity contribution >= 4 is 40.7 Å². The average molecular weight is 457 g/mol. The first-order valence-electron chi connectivity index (χ1n) is 9.86. The molecule has 9 heteroatoms. The van der Waals surface area contributed by atoms with Crippen molar-refractivity contribution in [1.82, 2.24) is 14.8 Å². The zero-order chi connectivity index (χ0) is 21.8. The summed E-state index contributed by atoms with van der Waals surface area (Å²) in [5.41, 5.74) is 1.25. The van der Waals surface area contributed by atoms with Gasteiger partial charge in [-0.15, -0.1) is 10.2 Å². The Balaban J connectivity index is 1.40. The summed E-state index contributed by atoms with van der Waals surface area (Å²) in [7, 11) is 0. The van der Waals surface area contributed by atoms with Gasteiger partial charge in [-0.25, -0.2) is 0 Å². The number of para-hydroxylation sites is 1. The summed E-state index contributed by atoms with van der Waals surface area (Å²) in [5, 5.41) is 12.5. The van der Waals surface area contributed by atoms with Gasteiger partial charge in [0.25, 0.3) is 0 Å². The summed E-state index contributed by atoms with van der Waals surface area (Å²) in [4.78, 5) is 23.7. The molecule has 1 aromatic heterocycles. The number of Topliss-reactive ketones (excluding diaryl/α,β-unsaturated/α-hetero) is 1. The highest BCUT2D eigenvalue weighted by atomic mass is 35.5. The Kier molecular flexibility index (Phi) is 6.58. The van der Waals surface area contributed by atoms with Gasteiger partial charge in [-0.3, -0.25) is 14.2 Å². The van der Waals surface area contributed by atoms with Gasteiger partial charge in [-0.05, 0) is 49.2 Å². The molecular formula is C22H21ClN4O3S. The molecule has 0 saturated heterocycles. The van der Waals surface area contributed by atoms with E-state index >= 15 is 0 Å². The third-order valence-corrected chi connectivity index (χ3v) is 5.96. The van der Waals surface area contributed by atoms with Crippen LogP contribution in [0, 0.1) is 0 Å². The lowest BCUT2D eigenvalue weighted by atomic mass is 10.1. The fourth-order valence-corrected chi connectivity index (χ4v) is 4.17. The molecule has 0 atom stereocenters. The molecule has 1 N–H and O–H groups in total. The molecule has 3 aromatic rings. The molecule has 1 saturated carbocycles. The minimum atomic E-state index is -0.150. The number of carbonyl (C=O) groups is 2. The zero-order valence-corrected chi connectivity index (χ0v) is 18.4. The van der Waals surface area contributed by atoms with E-state index in [0.717, 1.165) is 18.7 Å². The van der Waals surface area contributed by atoms with E-state index in [-0.39, 0.29) is 24.1 Å². The third-order valence-electron chi connectivity index (χ3n) is 4.70. The molecule has 7 nitrogen and oxygen atoms in total. The van der Waals surface area contributed by atoms with Crippen molar-refractivity contribution in [3.05, 3.63) is 64.9 Å². The Morgan fingerprint density at radius 3 is 2.58 bits per heavy atom. The highest BCUT2D eigenvalue weighted by Gasteiger charge is 2.30. The van der Waals surface area contributed by atoms with Gasteiger partial charge in [0.2, 0.25) is 5.91 Å². The lowest BCUT2D eigenvalue weighted by molar-refractivity contribution is -0.114. The standard InChI is InChI=1S/C22H21ClN4O3S/c1-14(28)24-16-8-6-15(7-9-16)19(29)13-31-22-26-25-21(27(22)17-10-11-17)12-30-20-5-3-2-4-18(20)23/h2-9,17H,10-13H2,1H3,(H,24,28). The second-order valence-electron chi connectivity index (χ2n) is 7.19. The summed E-state index contributed by atoms with van der Waals surface area (Å²) in [6, 6.07) is 14.5. The van der Waals surface area contributed by atoms with E-state index in [2.05, 4.69) is 20.1 Å². The van der Waals surface area contributed by atoms with Crippen LogP contribution in [-0.4, -0.2) is 32.2 Å². The highest BCUT2D eigenvalue weighted by molar-refractivity contribution is 7.99. The van der Waals surface area contributed by atoms with Crippen molar-refractivity contribution in [3.63, 3.8) is 0 Å². The predicted octanol–water partition coefficient (Wildman–Crippen LogP) is 4.78. The number of anilines is 1. The maximum atomic E-state index is 12.6. The van der Waals surface area contributed by atoms with Crippen LogP contribution in [0.2, 0.25) is 5.02 Å². The third kappa shape index (κ3) is 5.45. The summed E-state index contributed by atoms with van der Waals surface area (Å²) < 4.78 is 7.89. The van der Waals surface area contributed by atoms with Crippen molar-refractivity contribution in [2.75, 3.05) is 11.1 Å². The zero-order valence-electron chi connectivity index (χ0n) is 16.9. The molecule has 1 aliphatic carbocycles. The Hall–Kier alpha value is -2.84. The molecule has 2 aromatic carbocycles. The van der Waals surface area contributed by atoms with Crippen LogP contribution in [0.15, 0.2) is 53.7 Å².